The smallest absolute Gasteiger partial charge is 0.216 e. The SMILES string of the molecule is CC1(C)COC(c2ccc(OC/C(F)=C/CN)cc2)=N1. The Morgan fingerprint density at radius 3 is 2.70 bits per heavy atom. The van der Waals surface area contributed by atoms with E-state index < -0.39 is 0 Å². The zero-order valence-corrected chi connectivity index (χ0v) is 11.7. The normalized spacial score (nSPS) is 17.6. The topological polar surface area (TPSA) is 56.8 Å². The maximum absolute atomic E-state index is 13.1. The third-order valence-electron chi connectivity index (χ3n) is 2.78. The minimum atomic E-state index is -0.373. The first-order valence-electron chi connectivity index (χ1n) is 6.51. The van der Waals surface area contributed by atoms with Gasteiger partial charge < -0.3 is 15.2 Å². The largest absolute Gasteiger partial charge is 0.487 e. The maximum Gasteiger partial charge on any atom is 0.216 e. The number of aliphatic imine (C=N–C) groups is 1. The molecular weight excluding hydrogens is 259 g/mol. The summed E-state index contributed by atoms with van der Waals surface area (Å²) in [6.07, 6.45) is 1.29. The highest BCUT2D eigenvalue weighted by atomic mass is 19.1. The molecule has 0 unspecified atom stereocenters. The summed E-state index contributed by atoms with van der Waals surface area (Å²) in [7, 11) is 0. The molecule has 0 atom stereocenters. The van der Waals surface area contributed by atoms with Crippen LogP contribution in [0.4, 0.5) is 4.39 Å². The Balaban J connectivity index is 1.99. The van der Waals surface area contributed by atoms with Crippen LogP contribution in [0.2, 0.25) is 0 Å². The van der Waals surface area contributed by atoms with Crippen molar-refractivity contribution >= 4 is 5.90 Å². The molecule has 1 aliphatic heterocycles. The van der Waals surface area contributed by atoms with E-state index in [9.17, 15) is 4.39 Å². The van der Waals surface area contributed by atoms with Crippen LogP contribution in [0.3, 0.4) is 0 Å². The second-order valence-electron chi connectivity index (χ2n) is 5.22. The van der Waals surface area contributed by atoms with E-state index in [-0.39, 0.29) is 24.5 Å². The Labute approximate surface area is 118 Å². The maximum atomic E-state index is 13.1. The average molecular weight is 278 g/mol. The van der Waals surface area contributed by atoms with Gasteiger partial charge in [0.05, 0.1) is 5.54 Å². The zero-order valence-electron chi connectivity index (χ0n) is 11.7. The molecule has 1 aliphatic rings. The van der Waals surface area contributed by atoms with Gasteiger partial charge in [-0.25, -0.2) is 9.38 Å². The van der Waals surface area contributed by atoms with Crippen molar-refractivity contribution in [1.29, 1.82) is 0 Å². The highest BCUT2D eigenvalue weighted by Crippen LogP contribution is 2.22. The van der Waals surface area contributed by atoms with Crippen LogP contribution < -0.4 is 10.5 Å². The van der Waals surface area contributed by atoms with E-state index in [1.165, 1.54) is 6.08 Å². The zero-order chi connectivity index (χ0) is 14.6. The lowest BCUT2D eigenvalue weighted by molar-refractivity contribution is 0.279. The predicted octanol–water partition coefficient (Wildman–Crippen LogP) is 2.43. The molecular formula is C15H19FN2O2. The van der Waals surface area contributed by atoms with Crippen molar-refractivity contribution in [2.45, 2.75) is 19.4 Å². The summed E-state index contributed by atoms with van der Waals surface area (Å²) in [5, 5.41) is 0. The van der Waals surface area contributed by atoms with Crippen molar-refractivity contribution in [3.05, 3.63) is 41.7 Å². The van der Waals surface area contributed by atoms with E-state index in [1.54, 1.807) is 12.1 Å². The molecule has 0 saturated carbocycles. The fourth-order valence-corrected chi connectivity index (χ4v) is 1.77. The second kappa shape index (κ2) is 6.05. The first-order valence-corrected chi connectivity index (χ1v) is 6.51. The molecule has 4 nitrogen and oxygen atoms in total. The summed E-state index contributed by atoms with van der Waals surface area (Å²) < 4.78 is 24.0. The van der Waals surface area contributed by atoms with Crippen molar-refractivity contribution in [3.63, 3.8) is 0 Å². The lowest BCUT2D eigenvalue weighted by atomic mass is 10.1. The number of rotatable bonds is 5. The molecule has 0 fully saturated rings. The molecule has 1 heterocycles. The highest BCUT2D eigenvalue weighted by Gasteiger charge is 2.26. The summed E-state index contributed by atoms with van der Waals surface area (Å²) in [6.45, 7) is 4.67. The molecule has 0 aromatic heterocycles. The van der Waals surface area contributed by atoms with Crippen molar-refractivity contribution in [2.75, 3.05) is 19.8 Å². The minimum Gasteiger partial charge on any atom is -0.487 e. The van der Waals surface area contributed by atoms with Crippen LogP contribution in [0.15, 0.2) is 41.2 Å². The summed E-state index contributed by atoms with van der Waals surface area (Å²) >= 11 is 0. The molecule has 2 rings (SSSR count). The van der Waals surface area contributed by atoms with Gasteiger partial charge in [-0.15, -0.1) is 0 Å². The number of benzene rings is 1. The fraction of sp³-hybridized carbons (Fsp3) is 0.400. The molecule has 0 aliphatic carbocycles. The van der Waals surface area contributed by atoms with Gasteiger partial charge in [-0.05, 0) is 44.2 Å². The number of ether oxygens (including phenoxy) is 2. The summed E-state index contributed by atoms with van der Waals surface area (Å²) in [6, 6.07) is 7.23. The van der Waals surface area contributed by atoms with Crippen LogP contribution in [0, 0.1) is 0 Å². The molecule has 0 bridgehead atoms. The number of nitrogens with zero attached hydrogens (tertiary/aromatic N) is 1. The fourth-order valence-electron chi connectivity index (χ4n) is 1.77. The lowest BCUT2D eigenvalue weighted by Crippen LogP contribution is -2.17. The molecule has 108 valence electrons. The summed E-state index contributed by atoms with van der Waals surface area (Å²) in [5.41, 5.74) is 5.92. The summed E-state index contributed by atoms with van der Waals surface area (Å²) in [5.74, 6) is 0.852. The second-order valence-corrected chi connectivity index (χ2v) is 5.22. The average Bonchev–Trinajstić information content (AvgIpc) is 2.78. The van der Waals surface area contributed by atoms with E-state index >= 15 is 0 Å². The van der Waals surface area contributed by atoms with Gasteiger partial charge in [0.1, 0.15) is 24.8 Å². The van der Waals surface area contributed by atoms with Gasteiger partial charge in [0.15, 0.2) is 0 Å². The molecule has 20 heavy (non-hydrogen) atoms. The number of hydrogen-bond donors (Lipinski definition) is 1. The third-order valence-corrected chi connectivity index (χ3v) is 2.78. The van der Waals surface area contributed by atoms with Gasteiger partial charge in [0.25, 0.3) is 0 Å². The van der Waals surface area contributed by atoms with E-state index in [4.69, 9.17) is 15.2 Å². The Morgan fingerprint density at radius 1 is 1.45 bits per heavy atom. The first kappa shape index (κ1) is 14.5. The van der Waals surface area contributed by atoms with Gasteiger partial charge >= 0.3 is 0 Å². The lowest BCUT2D eigenvalue weighted by Gasteiger charge is -2.07. The molecule has 0 saturated heterocycles. The van der Waals surface area contributed by atoms with Gasteiger partial charge in [-0.2, -0.15) is 0 Å². The molecule has 0 spiro atoms. The van der Waals surface area contributed by atoms with Crippen LogP contribution in [0.5, 0.6) is 5.75 Å². The number of nitrogens with two attached hydrogens (primary N) is 1. The van der Waals surface area contributed by atoms with Crippen molar-refractivity contribution in [1.82, 2.24) is 0 Å². The van der Waals surface area contributed by atoms with E-state index in [2.05, 4.69) is 4.99 Å². The number of halogens is 1. The van der Waals surface area contributed by atoms with Gasteiger partial charge in [0, 0.05) is 12.1 Å². The molecule has 5 heteroatoms. The van der Waals surface area contributed by atoms with Gasteiger partial charge in [0.2, 0.25) is 5.90 Å². The Kier molecular flexibility index (Phi) is 4.39. The highest BCUT2D eigenvalue weighted by molar-refractivity contribution is 5.95. The first-order chi connectivity index (χ1) is 9.50. The molecule has 1 aromatic rings. The van der Waals surface area contributed by atoms with Gasteiger partial charge in [-0.1, -0.05) is 0 Å². The Morgan fingerprint density at radius 2 is 2.15 bits per heavy atom. The Hall–Kier alpha value is -1.88. The van der Waals surface area contributed by atoms with Crippen molar-refractivity contribution in [3.8, 4) is 5.75 Å². The van der Waals surface area contributed by atoms with E-state index in [0.717, 1.165) is 5.56 Å². The van der Waals surface area contributed by atoms with Crippen LogP contribution >= 0.6 is 0 Å². The standard InChI is InChI=1S/C15H19FN2O2/c1-15(2)10-20-14(18-15)11-3-5-13(6-4-11)19-9-12(16)7-8-17/h3-7H,8-10,17H2,1-2H3/b12-7-. The van der Waals surface area contributed by atoms with Crippen LogP contribution in [-0.2, 0) is 4.74 Å². The molecule has 2 N–H and O–H groups in total. The van der Waals surface area contributed by atoms with Crippen LogP contribution in [0.1, 0.15) is 19.4 Å². The third kappa shape index (κ3) is 3.81. The van der Waals surface area contributed by atoms with Crippen LogP contribution in [-0.4, -0.2) is 31.2 Å². The quantitative estimate of drug-likeness (QED) is 0.900. The molecule has 0 amide bonds. The van der Waals surface area contributed by atoms with Gasteiger partial charge in [-0.3, -0.25) is 0 Å². The number of hydrogen-bond acceptors (Lipinski definition) is 4. The van der Waals surface area contributed by atoms with Crippen molar-refractivity contribution < 1.29 is 13.9 Å². The summed E-state index contributed by atoms with van der Waals surface area (Å²) in [4.78, 5) is 4.49. The van der Waals surface area contributed by atoms with E-state index in [1.807, 2.05) is 26.0 Å². The minimum absolute atomic E-state index is 0.110. The van der Waals surface area contributed by atoms with Crippen LogP contribution in [0.25, 0.3) is 0 Å². The molecule has 0 radical (unpaired) electrons. The predicted molar refractivity (Wildman–Crippen MR) is 76.8 cm³/mol. The van der Waals surface area contributed by atoms with Crippen molar-refractivity contribution in [2.24, 2.45) is 10.7 Å². The Bertz CT molecular complexity index is 521. The van der Waals surface area contributed by atoms with E-state index in [0.29, 0.717) is 18.3 Å². The molecule has 1 aromatic carbocycles. The monoisotopic (exact) mass is 278 g/mol.